The molecule has 0 radical (unpaired) electrons. The highest BCUT2D eigenvalue weighted by Gasteiger charge is 2.35. The van der Waals surface area contributed by atoms with Crippen LogP contribution in [-0.4, -0.2) is 48.4 Å². The van der Waals surface area contributed by atoms with Crippen molar-refractivity contribution in [1.82, 2.24) is 9.88 Å². The van der Waals surface area contributed by atoms with Crippen LogP contribution in [0.1, 0.15) is 11.3 Å². The van der Waals surface area contributed by atoms with Crippen LogP contribution in [0.4, 0.5) is 4.79 Å². The Morgan fingerprint density at radius 3 is 2.44 bits per heavy atom. The number of halogens is 1. The van der Waals surface area contributed by atoms with Crippen LogP contribution in [0.2, 0.25) is 0 Å². The summed E-state index contributed by atoms with van der Waals surface area (Å²) in [6.45, 7) is 0.573. The number of carbonyl (C=O) groups is 2. The van der Waals surface area contributed by atoms with E-state index in [2.05, 4.69) is 27.6 Å². The summed E-state index contributed by atoms with van der Waals surface area (Å²) in [5.74, 6) is 1.88. The molecule has 0 bridgehead atoms. The zero-order chi connectivity index (χ0) is 25.5. The lowest BCUT2D eigenvalue weighted by Crippen LogP contribution is -2.32. The second-order valence-electron chi connectivity index (χ2n) is 7.48. The topological polar surface area (TPSA) is 87.2 Å². The average molecular weight is 618 g/mol. The van der Waals surface area contributed by atoms with Gasteiger partial charge >= 0.3 is 0 Å². The summed E-state index contributed by atoms with van der Waals surface area (Å²) in [7, 11) is 3.11. The second-order valence-corrected chi connectivity index (χ2v) is 9.63. The van der Waals surface area contributed by atoms with Crippen LogP contribution >= 0.6 is 34.4 Å². The van der Waals surface area contributed by atoms with Gasteiger partial charge in [-0.1, -0.05) is 18.2 Å². The van der Waals surface area contributed by atoms with Gasteiger partial charge in [0, 0.05) is 6.20 Å². The fourth-order valence-electron chi connectivity index (χ4n) is 3.42. The van der Waals surface area contributed by atoms with E-state index in [4.69, 9.17) is 18.9 Å². The van der Waals surface area contributed by atoms with Gasteiger partial charge in [-0.3, -0.25) is 19.5 Å². The number of ether oxygens (including phenoxy) is 4. The van der Waals surface area contributed by atoms with Gasteiger partial charge in [0.15, 0.2) is 23.0 Å². The molecule has 2 amide bonds. The molecule has 2 heterocycles. The Balaban J connectivity index is 1.44. The van der Waals surface area contributed by atoms with E-state index < -0.39 is 0 Å². The molecule has 4 rings (SSSR count). The molecule has 10 heteroatoms. The van der Waals surface area contributed by atoms with Crippen molar-refractivity contribution in [1.29, 1.82) is 0 Å². The molecule has 1 aromatic heterocycles. The summed E-state index contributed by atoms with van der Waals surface area (Å²) in [5, 5.41) is -0.341. The van der Waals surface area contributed by atoms with E-state index in [9.17, 15) is 9.59 Å². The smallest absolute Gasteiger partial charge is 0.293 e. The molecule has 8 nitrogen and oxygen atoms in total. The fraction of sp³-hybridized carbons (Fsp3) is 0.192. The van der Waals surface area contributed by atoms with Crippen LogP contribution in [0.15, 0.2) is 65.7 Å². The van der Waals surface area contributed by atoms with Crippen molar-refractivity contribution in [2.24, 2.45) is 0 Å². The van der Waals surface area contributed by atoms with Gasteiger partial charge < -0.3 is 18.9 Å². The maximum atomic E-state index is 12.9. The van der Waals surface area contributed by atoms with Gasteiger partial charge in [-0.2, -0.15) is 0 Å². The number of aromatic nitrogens is 1. The molecule has 3 aromatic rings. The van der Waals surface area contributed by atoms with E-state index in [0.29, 0.717) is 34.5 Å². The number of rotatable bonds is 10. The first-order valence-electron chi connectivity index (χ1n) is 10.9. The minimum atomic E-state index is -0.363. The summed E-state index contributed by atoms with van der Waals surface area (Å²) in [6, 6.07) is 16.5. The van der Waals surface area contributed by atoms with E-state index in [1.807, 2.05) is 36.4 Å². The number of pyridine rings is 1. The quantitative estimate of drug-likeness (QED) is 0.221. The number of nitrogens with zero attached hydrogens (tertiary/aromatic N) is 2. The van der Waals surface area contributed by atoms with Gasteiger partial charge in [0.05, 0.1) is 34.9 Å². The number of thioether (sulfide) groups is 1. The van der Waals surface area contributed by atoms with Crippen molar-refractivity contribution in [3.05, 3.63) is 80.5 Å². The largest absolute Gasteiger partial charge is 0.493 e. The maximum Gasteiger partial charge on any atom is 0.293 e. The van der Waals surface area contributed by atoms with Gasteiger partial charge in [0.2, 0.25) is 0 Å². The fourth-order valence-corrected chi connectivity index (χ4v) is 5.07. The molecule has 2 aromatic carbocycles. The Hall–Kier alpha value is -3.25. The minimum Gasteiger partial charge on any atom is -0.493 e. The first kappa shape index (κ1) is 25.8. The highest BCUT2D eigenvalue weighted by molar-refractivity contribution is 14.1. The summed E-state index contributed by atoms with van der Waals surface area (Å²) < 4.78 is 23.3. The van der Waals surface area contributed by atoms with Gasteiger partial charge in [0.25, 0.3) is 11.1 Å². The van der Waals surface area contributed by atoms with Crippen molar-refractivity contribution in [2.45, 2.75) is 6.61 Å². The summed E-state index contributed by atoms with van der Waals surface area (Å²) in [5.41, 5.74) is 1.51. The van der Waals surface area contributed by atoms with Crippen LogP contribution in [-0.2, 0) is 11.4 Å². The highest BCUT2D eigenvalue weighted by atomic mass is 127. The number of imide groups is 1. The standard InChI is InChI=1S/C26H23IN2O6S/c1-32-20-8-3-4-9-21(20)34-12-11-29-25(30)23(36-26(29)31)15-17-13-19(27)24(22(14-17)33-2)35-16-18-7-5-6-10-28-18/h3-10,13-15H,11-12,16H2,1-2H3/b23-15-. The van der Waals surface area contributed by atoms with E-state index in [1.165, 1.54) is 4.90 Å². The van der Waals surface area contributed by atoms with Gasteiger partial charge in [-0.25, -0.2) is 0 Å². The number of methoxy groups -OCH3 is 2. The molecule has 1 aliphatic rings. The lowest BCUT2D eigenvalue weighted by Gasteiger charge is -2.15. The molecular weight excluding hydrogens is 595 g/mol. The number of hydrogen-bond acceptors (Lipinski definition) is 8. The second kappa shape index (κ2) is 12.1. The van der Waals surface area contributed by atoms with Crippen LogP contribution in [0.5, 0.6) is 23.0 Å². The number of hydrogen-bond donors (Lipinski definition) is 0. The summed E-state index contributed by atoms with van der Waals surface area (Å²) >= 11 is 3.05. The Morgan fingerprint density at radius 1 is 0.972 bits per heavy atom. The maximum absolute atomic E-state index is 12.9. The van der Waals surface area contributed by atoms with Crippen LogP contribution < -0.4 is 18.9 Å². The lowest BCUT2D eigenvalue weighted by atomic mass is 10.2. The van der Waals surface area contributed by atoms with Gasteiger partial charge in [-0.05, 0) is 82.4 Å². The van der Waals surface area contributed by atoms with Gasteiger partial charge in [-0.15, -0.1) is 0 Å². The zero-order valence-electron chi connectivity index (χ0n) is 19.6. The molecule has 1 aliphatic heterocycles. The summed E-state index contributed by atoms with van der Waals surface area (Å²) in [4.78, 5) is 31.2. The normalized spacial score (nSPS) is 14.3. The molecule has 186 valence electrons. The average Bonchev–Trinajstić information content (AvgIpc) is 3.15. The van der Waals surface area contributed by atoms with Crippen molar-refractivity contribution >= 4 is 51.6 Å². The lowest BCUT2D eigenvalue weighted by molar-refractivity contribution is -0.123. The first-order chi connectivity index (χ1) is 17.5. The number of carbonyl (C=O) groups excluding carboxylic acids is 2. The predicted molar refractivity (Wildman–Crippen MR) is 145 cm³/mol. The summed E-state index contributed by atoms with van der Waals surface area (Å²) in [6.07, 6.45) is 3.39. The van der Waals surface area contributed by atoms with E-state index in [-0.39, 0.29) is 24.3 Å². The minimum absolute atomic E-state index is 0.126. The van der Waals surface area contributed by atoms with Crippen molar-refractivity contribution in [3.8, 4) is 23.0 Å². The third-order valence-electron chi connectivity index (χ3n) is 5.16. The van der Waals surface area contributed by atoms with Crippen LogP contribution in [0.25, 0.3) is 6.08 Å². The third kappa shape index (κ3) is 6.11. The predicted octanol–water partition coefficient (Wildman–Crippen LogP) is 5.40. The van der Waals surface area contributed by atoms with Crippen LogP contribution in [0, 0.1) is 3.57 Å². The molecule has 1 fully saturated rings. The number of amides is 2. The monoisotopic (exact) mass is 618 g/mol. The molecule has 1 saturated heterocycles. The molecule has 0 atom stereocenters. The third-order valence-corrected chi connectivity index (χ3v) is 6.86. The number of para-hydroxylation sites is 2. The Kier molecular flexibility index (Phi) is 8.70. The van der Waals surface area contributed by atoms with E-state index in [0.717, 1.165) is 26.6 Å². The molecule has 0 unspecified atom stereocenters. The number of benzene rings is 2. The van der Waals surface area contributed by atoms with Crippen molar-refractivity contribution in [3.63, 3.8) is 0 Å². The van der Waals surface area contributed by atoms with Crippen LogP contribution in [0.3, 0.4) is 0 Å². The highest BCUT2D eigenvalue weighted by Crippen LogP contribution is 2.37. The SMILES string of the molecule is COc1ccccc1OCCN1C(=O)S/C(=C\c2cc(I)c(OCc3ccccn3)c(OC)c2)C1=O. The molecule has 0 N–H and O–H groups in total. The molecule has 0 saturated carbocycles. The van der Waals surface area contributed by atoms with Crippen molar-refractivity contribution < 1.29 is 28.5 Å². The Bertz CT molecular complexity index is 1280. The first-order valence-corrected chi connectivity index (χ1v) is 12.8. The molecule has 0 spiro atoms. The van der Waals surface area contributed by atoms with Crippen molar-refractivity contribution in [2.75, 3.05) is 27.4 Å². The Morgan fingerprint density at radius 2 is 1.72 bits per heavy atom. The molecular formula is C26H23IN2O6S. The Labute approximate surface area is 226 Å². The van der Waals surface area contributed by atoms with E-state index in [1.54, 1.807) is 44.7 Å². The van der Waals surface area contributed by atoms with Gasteiger partial charge in [0.1, 0.15) is 13.2 Å². The zero-order valence-corrected chi connectivity index (χ0v) is 22.6. The van der Waals surface area contributed by atoms with E-state index >= 15 is 0 Å². The molecule has 0 aliphatic carbocycles. The molecule has 36 heavy (non-hydrogen) atoms.